The van der Waals surface area contributed by atoms with Crippen LogP contribution in [0.25, 0.3) is 0 Å². The monoisotopic (exact) mass is 391 g/mol. The van der Waals surface area contributed by atoms with E-state index in [1.54, 1.807) is 0 Å². The highest BCUT2D eigenvalue weighted by Crippen LogP contribution is 2.37. The van der Waals surface area contributed by atoms with Gasteiger partial charge in [0.05, 0.1) is 6.54 Å². The van der Waals surface area contributed by atoms with E-state index < -0.39 is 0 Å². The van der Waals surface area contributed by atoms with Crippen molar-refractivity contribution in [3.05, 3.63) is 0 Å². The van der Waals surface area contributed by atoms with Crippen molar-refractivity contribution < 1.29 is 9.59 Å². The molecule has 0 aromatic heterocycles. The SMILES string of the molecule is CN1CCN(CCCNC(=O)CN2C[C@H]3C[C@H](C2)[C@H]2CCCC(=O)N2C3)CC1. The molecule has 0 aromatic rings. The number of nitrogens with zero attached hydrogens (tertiary/aromatic N) is 4. The Balaban J connectivity index is 1.16. The summed E-state index contributed by atoms with van der Waals surface area (Å²) in [6.07, 6.45) is 5.18. The highest BCUT2D eigenvalue weighted by Gasteiger charge is 2.43. The van der Waals surface area contributed by atoms with Gasteiger partial charge in [-0.3, -0.25) is 14.5 Å². The second-order valence-electron chi connectivity index (χ2n) is 9.41. The zero-order valence-corrected chi connectivity index (χ0v) is 17.4. The molecule has 4 aliphatic heterocycles. The second-order valence-corrected chi connectivity index (χ2v) is 9.41. The van der Waals surface area contributed by atoms with Gasteiger partial charge < -0.3 is 20.0 Å². The number of carbonyl (C=O) groups excluding carboxylic acids is 2. The summed E-state index contributed by atoms with van der Waals surface area (Å²) in [6, 6.07) is 0.423. The van der Waals surface area contributed by atoms with Crippen molar-refractivity contribution in [3.63, 3.8) is 0 Å². The summed E-state index contributed by atoms with van der Waals surface area (Å²) in [5.74, 6) is 1.62. The van der Waals surface area contributed by atoms with Gasteiger partial charge in [-0.05, 0) is 51.1 Å². The topological polar surface area (TPSA) is 59.1 Å². The van der Waals surface area contributed by atoms with Crippen LogP contribution in [-0.4, -0.2) is 110 Å². The van der Waals surface area contributed by atoms with Crippen molar-refractivity contribution in [1.29, 1.82) is 0 Å². The van der Waals surface area contributed by atoms with E-state index in [0.717, 1.165) is 84.6 Å². The van der Waals surface area contributed by atoms with Gasteiger partial charge in [-0.2, -0.15) is 0 Å². The summed E-state index contributed by atoms with van der Waals surface area (Å²) in [6.45, 7) is 9.78. The molecule has 28 heavy (non-hydrogen) atoms. The van der Waals surface area contributed by atoms with Crippen molar-refractivity contribution in [1.82, 2.24) is 24.9 Å². The van der Waals surface area contributed by atoms with Crippen LogP contribution in [0.2, 0.25) is 0 Å². The quantitative estimate of drug-likeness (QED) is 0.650. The van der Waals surface area contributed by atoms with Crippen LogP contribution in [0.4, 0.5) is 0 Å². The standard InChI is InChI=1S/C21H37N5O2/c1-23-8-10-24(11-9-23)7-3-6-22-20(27)16-25-13-17-12-18(15-25)19-4-2-5-21(28)26(19)14-17/h17-19H,2-16H2,1H3,(H,22,27)/t17-,18-,19-/m1/s1. The molecule has 7 heteroatoms. The Labute approximate surface area is 169 Å². The van der Waals surface area contributed by atoms with E-state index in [9.17, 15) is 9.59 Å². The van der Waals surface area contributed by atoms with Crippen LogP contribution < -0.4 is 5.32 Å². The van der Waals surface area contributed by atoms with Crippen LogP contribution >= 0.6 is 0 Å². The molecule has 0 aromatic carbocycles. The minimum Gasteiger partial charge on any atom is -0.355 e. The van der Waals surface area contributed by atoms with Crippen LogP contribution in [0.5, 0.6) is 0 Å². The van der Waals surface area contributed by atoms with Crippen LogP contribution in [-0.2, 0) is 9.59 Å². The predicted molar refractivity (Wildman–Crippen MR) is 109 cm³/mol. The van der Waals surface area contributed by atoms with Gasteiger partial charge in [0.1, 0.15) is 0 Å². The Morgan fingerprint density at radius 3 is 2.75 bits per heavy atom. The molecule has 0 aliphatic carbocycles. The predicted octanol–water partition coefficient (Wildman–Crippen LogP) is 0.0729. The van der Waals surface area contributed by atoms with Gasteiger partial charge >= 0.3 is 0 Å². The first-order valence-corrected chi connectivity index (χ1v) is 11.3. The van der Waals surface area contributed by atoms with E-state index >= 15 is 0 Å². The summed E-state index contributed by atoms with van der Waals surface area (Å²) in [5, 5.41) is 3.13. The lowest BCUT2D eigenvalue weighted by Gasteiger charge is -2.52. The lowest BCUT2D eigenvalue weighted by Crippen LogP contribution is -2.61. The van der Waals surface area contributed by atoms with E-state index in [4.69, 9.17) is 0 Å². The molecule has 7 nitrogen and oxygen atoms in total. The first-order valence-electron chi connectivity index (χ1n) is 11.3. The average molecular weight is 392 g/mol. The van der Waals surface area contributed by atoms with E-state index in [-0.39, 0.29) is 5.91 Å². The molecular weight excluding hydrogens is 354 g/mol. The number of nitrogens with one attached hydrogen (secondary N) is 1. The third-order valence-electron chi connectivity index (χ3n) is 7.19. The number of hydrogen-bond donors (Lipinski definition) is 1. The van der Waals surface area contributed by atoms with E-state index in [0.29, 0.717) is 30.3 Å². The maximum atomic E-state index is 12.4. The van der Waals surface area contributed by atoms with Gasteiger partial charge in [-0.15, -0.1) is 0 Å². The van der Waals surface area contributed by atoms with Gasteiger partial charge in [0.2, 0.25) is 11.8 Å². The number of carbonyl (C=O) groups is 2. The molecule has 4 rings (SSSR count). The molecule has 2 bridgehead atoms. The van der Waals surface area contributed by atoms with Crippen molar-refractivity contribution in [2.45, 2.75) is 38.1 Å². The molecular formula is C21H37N5O2. The Hall–Kier alpha value is -1.18. The number of amides is 2. The summed E-state index contributed by atoms with van der Waals surface area (Å²) in [7, 11) is 2.18. The highest BCUT2D eigenvalue weighted by molar-refractivity contribution is 5.78. The van der Waals surface area contributed by atoms with Gasteiger partial charge in [0.25, 0.3) is 0 Å². The smallest absolute Gasteiger partial charge is 0.234 e. The fourth-order valence-corrected chi connectivity index (χ4v) is 5.70. The summed E-state index contributed by atoms with van der Waals surface area (Å²) < 4.78 is 0. The summed E-state index contributed by atoms with van der Waals surface area (Å²) in [5.41, 5.74) is 0. The van der Waals surface area contributed by atoms with E-state index in [1.165, 1.54) is 6.42 Å². The van der Waals surface area contributed by atoms with Gasteiger partial charge in [-0.1, -0.05) is 0 Å². The Kier molecular flexibility index (Phi) is 6.53. The number of rotatable bonds is 6. The normalized spacial score (nSPS) is 32.2. The van der Waals surface area contributed by atoms with Crippen molar-refractivity contribution in [2.24, 2.45) is 11.8 Å². The number of fused-ring (bicyclic) bond motifs is 4. The molecule has 4 heterocycles. The molecule has 4 aliphatic rings. The average Bonchev–Trinajstić information content (AvgIpc) is 2.67. The van der Waals surface area contributed by atoms with Crippen LogP contribution in [0, 0.1) is 11.8 Å². The molecule has 0 radical (unpaired) electrons. The highest BCUT2D eigenvalue weighted by atomic mass is 16.2. The minimum atomic E-state index is 0.162. The Morgan fingerprint density at radius 1 is 1.11 bits per heavy atom. The van der Waals surface area contributed by atoms with Crippen LogP contribution in [0.1, 0.15) is 32.1 Å². The number of hydrogen-bond acceptors (Lipinski definition) is 5. The lowest BCUT2D eigenvalue weighted by molar-refractivity contribution is -0.145. The van der Waals surface area contributed by atoms with Gasteiger partial charge in [-0.25, -0.2) is 0 Å². The lowest BCUT2D eigenvalue weighted by atomic mass is 9.76. The second kappa shape index (κ2) is 9.09. The third kappa shape index (κ3) is 4.86. The summed E-state index contributed by atoms with van der Waals surface area (Å²) in [4.78, 5) is 34.0. The molecule has 4 fully saturated rings. The third-order valence-corrected chi connectivity index (χ3v) is 7.19. The van der Waals surface area contributed by atoms with Crippen LogP contribution in [0.15, 0.2) is 0 Å². The number of likely N-dealkylation sites (tertiary alicyclic amines) is 1. The van der Waals surface area contributed by atoms with Crippen molar-refractivity contribution in [3.8, 4) is 0 Å². The van der Waals surface area contributed by atoms with E-state index in [1.807, 2.05) is 0 Å². The zero-order chi connectivity index (χ0) is 19.5. The Bertz CT molecular complexity index is 563. The number of piperazine rings is 1. The van der Waals surface area contributed by atoms with Crippen LogP contribution in [0.3, 0.4) is 0 Å². The summed E-state index contributed by atoms with van der Waals surface area (Å²) >= 11 is 0. The molecule has 0 saturated carbocycles. The maximum Gasteiger partial charge on any atom is 0.234 e. The first-order chi connectivity index (χ1) is 13.6. The molecule has 1 N–H and O–H groups in total. The van der Waals surface area contributed by atoms with Gasteiger partial charge in [0.15, 0.2) is 0 Å². The largest absolute Gasteiger partial charge is 0.355 e. The molecule has 3 atom stereocenters. The van der Waals surface area contributed by atoms with Crippen molar-refractivity contribution in [2.75, 3.05) is 72.5 Å². The number of likely N-dealkylation sites (N-methyl/N-ethyl adjacent to an activating group) is 1. The van der Waals surface area contributed by atoms with E-state index in [2.05, 4.69) is 32.0 Å². The minimum absolute atomic E-state index is 0.162. The maximum absolute atomic E-state index is 12.4. The molecule has 0 spiro atoms. The first kappa shape index (κ1) is 20.1. The molecule has 0 unspecified atom stereocenters. The van der Waals surface area contributed by atoms with Gasteiger partial charge in [0, 0.05) is 64.8 Å². The molecule has 158 valence electrons. The Morgan fingerprint density at radius 2 is 1.93 bits per heavy atom. The van der Waals surface area contributed by atoms with Crippen molar-refractivity contribution >= 4 is 11.8 Å². The fraction of sp³-hybridized carbons (Fsp3) is 0.905. The number of piperidine rings is 3. The zero-order valence-electron chi connectivity index (χ0n) is 17.4. The molecule has 4 saturated heterocycles. The fourth-order valence-electron chi connectivity index (χ4n) is 5.70. The molecule has 2 amide bonds.